The van der Waals surface area contributed by atoms with Gasteiger partial charge in [0.05, 0.1) is 12.1 Å². The number of benzene rings is 1. The van der Waals surface area contributed by atoms with E-state index >= 15 is 0 Å². The van der Waals surface area contributed by atoms with Gasteiger partial charge >= 0.3 is 6.03 Å². The second kappa shape index (κ2) is 3.14. The number of hydrogen-bond acceptors (Lipinski definition) is 2. The van der Waals surface area contributed by atoms with E-state index in [2.05, 4.69) is 5.32 Å². The Morgan fingerprint density at radius 3 is 2.44 bits per heavy atom. The Balaban J connectivity index is 1.85. The van der Waals surface area contributed by atoms with Crippen LogP contribution in [0.4, 0.5) is 10.5 Å². The van der Waals surface area contributed by atoms with Crippen LogP contribution in [0.25, 0.3) is 0 Å². The van der Waals surface area contributed by atoms with Gasteiger partial charge in [0.25, 0.3) is 0 Å². The summed E-state index contributed by atoms with van der Waals surface area (Å²) in [5.41, 5.74) is 0.869. The summed E-state index contributed by atoms with van der Waals surface area (Å²) in [4.78, 5) is 13.6. The highest BCUT2D eigenvalue weighted by Crippen LogP contribution is 2.37. The molecule has 16 heavy (non-hydrogen) atoms. The van der Waals surface area contributed by atoms with Crippen molar-refractivity contribution in [2.24, 2.45) is 0 Å². The summed E-state index contributed by atoms with van der Waals surface area (Å²) in [5.74, 6) is 0.224. The number of carbonyl (C=O) groups is 1. The fourth-order valence-electron chi connectivity index (χ4n) is 2.44. The molecule has 1 saturated carbocycles. The summed E-state index contributed by atoms with van der Waals surface area (Å²) in [6.45, 7) is 0.747. The summed E-state index contributed by atoms with van der Waals surface area (Å²) in [7, 11) is 0. The SMILES string of the molecule is O=C1NC2(CCC2)CN1c1ccc(O)cc1. The van der Waals surface area contributed by atoms with Gasteiger partial charge in [-0.15, -0.1) is 0 Å². The molecule has 3 rings (SSSR count). The van der Waals surface area contributed by atoms with Crippen molar-refractivity contribution in [3.63, 3.8) is 0 Å². The third-order valence-corrected chi connectivity index (χ3v) is 3.55. The van der Waals surface area contributed by atoms with Gasteiger partial charge in [-0.1, -0.05) is 0 Å². The van der Waals surface area contributed by atoms with Gasteiger partial charge in [0.2, 0.25) is 0 Å². The quantitative estimate of drug-likeness (QED) is 0.755. The predicted molar refractivity (Wildman–Crippen MR) is 60.6 cm³/mol. The average molecular weight is 218 g/mol. The van der Waals surface area contributed by atoms with Crippen LogP contribution >= 0.6 is 0 Å². The molecule has 2 N–H and O–H groups in total. The highest BCUT2D eigenvalue weighted by molar-refractivity contribution is 5.95. The number of carbonyl (C=O) groups excluding carboxylic acids is 1. The maximum Gasteiger partial charge on any atom is 0.322 e. The molecular weight excluding hydrogens is 204 g/mol. The van der Waals surface area contributed by atoms with Gasteiger partial charge < -0.3 is 10.4 Å². The molecular formula is C12H14N2O2. The number of nitrogens with one attached hydrogen (secondary N) is 1. The molecule has 1 heterocycles. The zero-order chi connectivity index (χ0) is 11.2. The van der Waals surface area contributed by atoms with Crippen LogP contribution < -0.4 is 10.2 Å². The summed E-state index contributed by atoms with van der Waals surface area (Å²) in [6.07, 6.45) is 3.35. The van der Waals surface area contributed by atoms with E-state index in [1.807, 2.05) is 0 Å². The Kier molecular flexibility index (Phi) is 1.87. The number of amides is 2. The zero-order valence-electron chi connectivity index (χ0n) is 8.94. The second-order valence-corrected chi connectivity index (χ2v) is 4.67. The number of hydrogen-bond donors (Lipinski definition) is 2. The monoisotopic (exact) mass is 218 g/mol. The van der Waals surface area contributed by atoms with Gasteiger partial charge in [-0.05, 0) is 43.5 Å². The van der Waals surface area contributed by atoms with Crippen LogP contribution in [0.3, 0.4) is 0 Å². The Hall–Kier alpha value is -1.71. The molecule has 0 bridgehead atoms. The van der Waals surface area contributed by atoms with E-state index in [4.69, 9.17) is 0 Å². The first-order valence-electron chi connectivity index (χ1n) is 5.57. The Bertz CT molecular complexity index is 423. The molecule has 0 aromatic heterocycles. The molecule has 1 spiro atoms. The van der Waals surface area contributed by atoms with Crippen molar-refractivity contribution in [2.75, 3.05) is 11.4 Å². The van der Waals surface area contributed by atoms with Gasteiger partial charge in [0.1, 0.15) is 5.75 Å². The smallest absolute Gasteiger partial charge is 0.322 e. The first kappa shape index (κ1) is 9.51. The van der Waals surface area contributed by atoms with Gasteiger partial charge in [-0.25, -0.2) is 4.79 Å². The molecule has 1 aliphatic carbocycles. The van der Waals surface area contributed by atoms with Crippen molar-refractivity contribution in [1.82, 2.24) is 5.32 Å². The second-order valence-electron chi connectivity index (χ2n) is 4.67. The molecule has 4 nitrogen and oxygen atoms in total. The number of aromatic hydroxyl groups is 1. The summed E-state index contributed by atoms with van der Waals surface area (Å²) in [6, 6.07) is 6.73. The number of rotatable bonds is 1. The van der Waals surface area contributed by atoms with Crippen LogP contribution in [-0.4, -0.2) is 23.2 Å². The van der Waals surface area contributed by atoms with E-state index in [0.717, 1.165) is 25.1 Å². The molecule has 1 aromatic carbocycles. The number of phenolic OH excluding ortho intramolecular Hbond substituents is 1. The maximum atomic E-state index is 11.8. The van der Waals surface area contributed by atoms with Gasteiger partial charge in [0.15, 0.2) is 0 Å². The largest absolute Gasteiger partial charge is 0.508 e. The number of urea groups is 1. The molecule has 0 atom stereocenters. The van der Waals surface area contributed by atoms with E-state index in [0.29, 0.717) is 0 Å². The number of anilines is 1. The van der Waals surface area contributed by atoms with Crippen molar-refractivity contribution in [2.45, 2.75) is 24.8 Å². The van der Waals surface area contributed by atoms with E-state index in [-0.39, 0.29) is 17.3 Å². The summed E-state index contributed by atoms with van der Waals surface area (Å²) >= 11 is 0. The highest BCUT2D eigenvalue weighted by Gasteiger charge is 2.46. The lowest BCUT2D eigenvalue weighted by atomic mass is 9.77. The molecule has 1 saturated heterocycles. The molecule has 0 radical (unpaired) electrons. The van der Waals surface area contributed by atoms with Gasteiger partial charge in [-0.3, -0.25) is 4.90 Å². The fraction of sp³-hybridized carbons (Fsp3) is 0.417. The minimum absolute atomic E-state index is 0.0228. The van der Waals surface area contributed by atoms with Crippen LogP contribution in [0.1, 0.15) is 19.3 Å². The molecule has 1 aromatic rings. The summed E-state index contributed by atoms with van der Waals surface area (Å²) < 4.78 is 0. The molecule has 2 aliphatic rings. The van der Waals surface area contributed by atoms with Crippen LogP contribution in [0, 0.1) is 0 Å². The third-order valence-electron chi connectivity index (χ3n) is 3.55. The first-order valence-corrected chi connectivity index (χ1v) is 5.57. The molecule has 4 heteroatoms. The molecule has 2 fully saturated rings. The molecule has 2 amide bonds. The van der Waals surface area contributed by atoms with E-state index < -0.39 is 0 Å². The first-order chi connectivity index (χ1) is 7.69. The minimum Gasteiger partial charge on any atom is -0.508 e. The molecule has 84 valence electrons. The summed E-state index contributed by atoms with van der Waals surface area (Å²) in [5, 5.41) is 12.3. The topological polar surface area (TPSA) is 52.6 Å². The zero-order valence-corrected chi connectivity index (χ0v) is 8.94. The van der Waals surface area contributed by atoms with E-state index in [9.17, 15) is 9.90 Å². The Morgan fingerprint density at radius 1 is 1.25 bits per heavy atom. The van der Waals surface area contributed by atoms with Crippen LogP contribution in [0.15, 0.2) is 24.3 Å². The van der Waals surface area contributed by atoms with E-state index in [1.165, 1.54) is 6.42 Å². The molecule has 1 aliphatic heterocycles. The standard InChI is InChI=1S/C12H14N2O2/c15-10-4-2-9(3-5-10)14-8-12(6-1-7-12)13-11(14)16/h2-5,15H,1,6-8H2,(H,13,16). The van der Waals surface area contributed by atoms with Crippen LogP contribution in [-0.2, 0) is 0 Å². The normalized spacial score (nSPS) is 22.0. The lowest BCUT2D eigenvalue weighted by Gasteiger charge is -2.37. The average Bonchev–Trinajstić information content (AvgIpc) is 2.57. The van der Waals surface area contributed by atoms with Gasteiger partial charge in [0, 0.05) is 5.69 Å². The highest BCUT2D eigenvalue weighted by atomic mass is 16.3. The maximum absolute atomic E-state index is 11.8. The third kappa shape index (κ3) is 1.33. The number of phenols is 1. The number of nitrogens with zero attached hydrogens (tertiary/aromatic N) is 1. The van der Waals surface area contributed by atoms with E-state index in [1.54, 1.807) is 29.2 Å². The predicted octanol–water partition coefficient (Wildman–Crippen LogP) is 1.84. The van der Waals surface area contributed by atoms with Crippen molar-refractivity contribution in [1.29, 1.82) is 0 Å². The minimum atomic E-state index is -0.0228. The fourth-order valence-corrected chi connectivity index (χ4v) is 2.44. The van der Waals surface area contributed by atoms with Crippen LogP contribution in [0.2, 0.25) is 0 Å². The van der Waals surface area contributed by atoms with Crippen molar-refractivity contribution in [3.05, 3.63) is 24.3 Å². The van der Waals surface area contributed by atoms with Crippen molar-refractivity contribution >= 4 is 11.7 Å². The van der Waals surface area contributed by atoms with Gasteiger partial charge in [-0.2, -0.15) is 0 Å². The lowest BCUT2D eigenvalue weighted by Crippen LogP contribution is -2.49. The Morgan fingerprint density at radius 2 is 1.94 bits per heavy atom. The van der Waals surface area contributed by atoms with Crippen molar-refractivity contribution in [3.8, 4) is 5.75 Å². The van der Waals surface area contributed by atoms with Crippen LogP contribution in [0.5, 0.6) is 5.75 Å². The molecule has 0 unspecified atom stereocenters. The lowest BCUT2D eigenvalue weighted by molar-refractivity contribution is 0.218. The van der Waals surface area contributed by atoms with Crippen molar-refractivity contribution < 1.29 is 9.90 Å². The Labute approximate surface area is 93.9 Å².